The van der Waals surface area contributed by atoms with Crippen molar-refractivity contribution in [1.29, 1.82) is 0 Å². The minimum absolute atomic E-state index is 0.221. The molecule has 0 unspecified atom stereocenters. The number of halogens is 3. The average molecular weight is 255 g/mol. The molecule has 0 heterocycles. The Hall–Kier alpha value is -1.05. The second-order valence-corrected chi connectivity index (χ2v) is 4.38. The lowest BCUT2D eigenvalue weighted by Gasteiger charge is -2.06. The van der Waals surface area contributed by atoms with Gasteiger partial charge in [0.1, 0.15) is 5.82 Å². The van der Waals surface area contributed by atoms with Gasteiger partial charge in [0.05, 0.1) is 10.0 Å². The van der Waals surface area contributed by atoms with E-state index in [9.17, 15) is 4.39 Å². The van der Waals surface area contributed by atoms with Crippen LogP contribution in [-0.4, -0.2) is 0 Å². The van der Waals surface area contributed by atoms with Crippen LogP contribution in [0.2, 0.25) is 10.0 Å². The molecule has 0 spiro atoms. The van der Waals surface area contributed by atoms with E-state index < -0.39 is 0 Å². The number of benzene rings is 2. The lowest BCUT2D eigenvalue weighted by atomic mass is 10.0. The third kappa shape index (κ3) is 2.06. The molecule has 0 aromatic heterocycles. The van der Waals surface area contributed by atoms with Crippen LogP contribution < -0.4 is 0 Å². The summed E-state index contributed by atoms with van der Waals surface area (Å²) >= 11 is 11.7. The van der Waals surface area contributed by atoms with Crippen LogP contribution in [-0.2, 0) is 0 Å². The van der Waals surface area contributed by atoms with Crippen LogP contribution in [0.3, 0.4) is 0 Å². The second-order valence-electron chi connectivity index (χ2n) is 3.57. The summed E-state index contributed by atoms with van der Waals surface area (Å²) in [6.45, 7) is 1.73. The number of hydrogen-bond acceptors (Lipinski definition) is 0. The van der Waals surface area contributed by atoms with Crippen molar-refractivity contribution in [3.8, 4) is 11.1 Å². The molecule has 0 aliphatic rings. The van der Waals surface area contributed by atoms with Crippen LogP contribution in [0.4, 0.5) is 4.39 Å². The summed E-state index contributed by atoms with van der Waals surface area (Å²) in [4.78, 5) is 0. The molecule has 0 saturated heterocycles. The van der Waals surface area contributed by atoms with E-state index in [-0.39, 0.29) is 5.82 Å². The van der Waals surface area contributed by atoms with Crippen molar-refractivity contribution in [3.05, 3.63) is 57.8 Å². The molecule has 0 atom stereocenters. The summed E-state index contributed by atoms with van der Waals surface area (Å²) in [7, 11) is 0. The Kier molecular flexibility index (Phi) is 3.17. The summed E-state index contributed by atoms with van der Waals surface area (Å²) in [5, 5.41) is 0.901. The van der Waals surface area contributed by atoms with E-state index in [4.69, 9.17) is 23.2 Å². The lowest BCUT2D eigenvalue weighted by molar-refractivity contribution is 0.622. The van der Waals surface area contributed by atoms with Gasteiger partial charge in [-0.1, -0.05) is 47.5 Å². The van der Waals surface area contributed by atoms with E-state index in [0.29, 0.717) is 21.2 Å². The topological polar surface area (TPSA) is 0 Å². The fraction of sp³-hybridized carbons (Fsp3) is 0.0769. The second kappa shape index (κ2) is 4.44. The van der Waals surface area contributed by atoms with Crippen molar-refractivity contribution in [3.63, 3.8) is 0 Å². The van der Waals surface area contributed by atoms with Gasteiger partial charge in [-0.25, -0.2) is 4.39 Å². The van der Waals surface area contributed by atoms with Crippen LogP contribution in [0.25, 0.3) is 11.1 Å². The number of hydrogen-bond donors (Lipinski definition) is 0. The van der Waals surface area contributed by atoms with Crippen LogP contribution >= 0.6 is 23.2 Å². The zero-order chi connectivity index (χ0) is 11.7. The summed E-state index contributed by atoms with van der Waals surface area (Å²) in [6.07, 6.45) is 0. The third-order valence-electron chi connectivity index (χ3n) is 2.42. The monoisotopic (exact) mass is 254 g/mol. The molecule has 0 nitrogen and oxygen atoms in total. The van der Waals surface area contributed by atoms with Crippen LogP contribution in [0.15, 0.2) is 36.4 Å². The van der Waals surface area contributed by atoms with E-state index in [1.165, 1.54) is 0 Å². The van der Waals surface area contributed by atoms with Crippen molar-refractivity contribution >= 4 is 23.2 Å². The fourth-order valence-corrected chi connectivity index (χ4v) is 1.83. The van der Waals surface area contributed by atoms with Crippen LogP contribution in [0, 0.1) is 12.7 Å². The third-order valence-corrected chi connectivity index (χ3v) is 3.16. The van der Waals surface area contributed by atoms with Gasteiger partial charge in [0.15, 0.2) is 0 Å². The molecule has 16 heavy (non-hydrogen) atoms. The summed E-state index contributed by atoms with van der Waals surface area (Å²) in [6, 6.07) is 10.4. The highest BCUT2D eigenvalue weighted by molar-refractivity contribution is 6.42. The Morgan fingerprint density at radius 3 is 2.44 bits per heavy atom. The highest BCUT2D eigenvalue weighted by Gasteiger charge is 2.08. The van der Waals surface area contributed by atoms with Gasteiger partial charge in [0, 0.05) is 5.56 Å². The zero-order valence-corrected chi connectivity index (χ0v) is 10.1. The Morgan fingerprint density at radius 2 is 1.75 bits per heavy atom. The Bertz CT molecular complexity index is 535. The van der Waals surface area contributed by atoms with Gasteiger partial charge < -0.3 is 0 Å². The van der Waals surface area contributed by atoms with Crippen LogP contribution in [0.5, 0.6) is 0 Å². The molecule has 2 aromatic rings. The number of rotatable bonds is 1. The van der Waals surface area contributed by atoms with Crippen molar-refractivity contribution < 1.29 is 4.39 Å². The van der Waals surface area contributed by atoms with E-state index in [1.54, 1.807) is 37.3 Å². The van der Waals surface area contributed by atoms with E-state index in [0.717, 1.165) is 5.56 Å². The van der Waals surface area contributed by atoms with Crippen molar-refractivity contribution in [2.45, 2.75) is 6.92 Å². The maximum atomic E-state index is 13.8. The molecule has 0 aliphatic heterocycles. The molecular formula is C13H9Cl2F. The van der Waals surface area contributed by atoms with Crippen molar-refractivity contribution in [2.24, 2.45) is 0 Å². The van der Waals surface area contributed by atoms with Gasteiger partial charge in [-0.3, -0.25) is 0 Å². The SMILES string of the molecule is Cc1cccc(-c2ccc(Cl)c(Cl)c2)c1F. The summed E-state index contributed by atoms with van der Waals surface area (Å²) in [5.41, 5.74) is 1.89. The van der Waals surface area contributed by atoms with E-state index in [1.807, 2.05) is 6.07 Å². The summed E-state index contributed by atoms with van der Waals surface area (Å²) in [5.74, 6) is -0.221. The Labute approximate surface area is 104 Å². The first-order chi connectivity index (χ1) is 7.59. The molecule has 0 N–H and O–H groups in total. The van der Waals surface area contributed by atoms with Gasteiger partial charge in [0.25, 0.3) is 0 Å². The van der Waals surface area contributed by atoms with Gasteiger partial charge in [-0.05, 0) is 30.2 Å². The minimum atomic E-state index is -0.221. The van der Waals surface area contributed by atoms with Gasteiger partial charge in [-0.15, -0.1) is 0 Å². The maximum Gasteiger partial charge on any atom is 0.133 e. The molecule has 0 saturated carbocycles. The van der Waals surface area contributed by atoms with Crippen molar-refractivity contribution in [2.75, 3.05) is 0 Å². The molecule has 0 aliphatic carbocycles. The lowest BCUT2D eigenvalue weighted by Crippen LogP contribution is -1.88. The summed E-state index contributed by atoms with van der Waals surface area (Å²) < 4.78 is 13.8. The smallest absolute Gasteiger partial charge is 0.133 e. The normalized spacial score (nSPS) is 10.5. The molecule has 2 aromatic carbocycles. The van der Waals surface area contributed by atoms with Crippen LogP contribution in [0.1, 0.15) is 5.56 Å². The van der Waals surface area contributed by atoms with E-state index in [2.05, 4.69) is 0 Å². The molecule has 2 rings (SSSR count). The molecular weight excluding hydrogens is 246 g/mol. The Morgan fingerprint density at radius 1 is 1.00 bits per heavy atom. The van der Waals surface area contributed by atoms with Gasteiger partial charge in [-0.2, -0.15) is 0 Å². The highest BCUT2D eigenvalue weighted by atomic mass is 35.5. The molecule has 0 bridgehead atoms. The molecule has 0 amide bonds. The zero-order valence-electron chi connectivity index (χ0n) is 8.60. The largest absolute Gasteiger partial charge is 0.206 e. The fourth-order valence-electron chi connectivity index (χ4n) is 1.53. The number of aryl methyl sites for hydroxylation is 1. The standard InChI is InChI=1S/C13H9Cl2F/c1-8-3-2-4-10(13(8)16)9-5-6-11(14)12(15)7-9/h2-7H,1H3. The maximum absolute atomic E-state index is 13.8. The molecule has 0 fully saturated rings. The molecule has 3 heteroatoms. The van der Waals surface area contributed by atoms with Crippen molar-refractivity contribution in [1.82, 2.24) is 0 Å². The van der Waals surface area contributed by atoms with Gasteiger partial charge >= 0.3 is 0 Å². The Balaban J connectivity index is 2.59. The van der Waals surface area contributed by atoms with Gasteiger partial charge in [0.2, 0.25) is 0 Å². The predicted molar refractivity (Wildman–Crippen MR) is 66.6 cm³/mol. The first kappa shape index (κ1) is 11.4. The minimum Gasteiger partial charge on any atom is -0.206 e. The predicted octanol–water partition coefficient (Wildman–Crippen LogP) is 5.11. The quantitative estimate of drug-likeness (QED) is 0.664. The average Bonchev–Trinajstić information content (AvgIpc) is 2.26. The highest BCUT2D eigenvalue weighted by Crippen LogP contribution is 2.30. The molecule has 0 radical (unpaired) electrons. The van der Waals surface area contributed by atoms with E-state index >= 15 is 0 Å². The first-order valence-electron chi connectivity index (χ1n) is 4.80. The first-order valence-corrected chi connectivity index (χ1v) is 5.55. The molecule has 82 valence electrons.